The quantitative estimate of drug-likeness (QED) is 0.845. The Morgan fingerprint density at radius 3 is 2.53 bits per heavy atom. The Kier molecular flexibility index (Phi) is 4.01. The normalized spacial score (nSPS) is 20.5. The van der Waals surface area contributed by atoms with Crippen LogP contribution in [0.4, 0.5) is 0 Å². The maximum absolute atomic E-state index is 12.6. The van der Waals surface area contributed by atoms with Gasteiger partial charge in [-0.2, -0.15) is 4.31 Å². The molecule has 0 aliphatic carbocycles. The molecular weight excluding hydrogens is 266 g/mol. The van der Waals surface area contributed by atoms with Crippen LogP contribution in [-0.2, 0) is 10.0 Å². The van der Waals surface area contributed by atoms with E-state index in [0.29, 0.717) is 30.5 Å². The molecule has 1 atom stereocenters. The zero-order valence-electron chi connectivity index (χ0n) is 11.4. The fraction of sp³-hybridized carbons (Fsp3) is 0.538. The molecule has 0 N–H and O–H groups in total. The zero-order chi connectivity index (χ0) is 14.0. The lowest BCUT2D eigenvalue weighted by atomic mass is 10.2. The number of ether oxygens (including phenoxy) is 2. The van der Waals surface area contributed by atoms with Gasteiger partial charge < -0.3 is 9.47 Å². The van der Waals surface area contributed by atoms with Gasteiger partial charge in [0.2, 0.25) is 10.0 Å². The number of sulfonamides is 1. The first-order valence-electron chi connectivity index (χ1n) is 6.21. The van der Waals surface area contributed by atoms with Crippen LogP contribution in [0, 0.1) is 5.92 Å². The van der Waals surface area contributed by atoms with Crippen molar-refractivity contribution in [2.45, 2.75) is 18.2 Å². The minimum Gasteiger partial charge on any atom is -0.497 e. The van der Waals surface area contributed by atoms with Gasteiger partial charge in [-0.3, -0.25) is 0 Å². The van der Waals surface area contributed by atoms with Gasteiger partial charge in [0.15, 0.2) is 0 Å². The average Bonchev–Trinajstić information content (AvgIpc) is 2.85. The molecule has 1 aliphatic heterocycles. The SMILES string of the molecule is COc1ccc(S(=O)(=O)N2CCC(C)C2)c(OC)c1. The van der Waals surface area contributed by atoms with Crippen molar-refractivity contribution >= 4 is 10.0 Å². The molecule has 0 radical (unpaired) electrons. The summed E-state index contributed by atoms with van der Waals surface area (Å²) in [7, 11) is -0.495. The van der Waals surface area contributed by atoms with Crippen molar-refractivity contribution in [2.24, 2.45) is 5.92 Å². The number of hydrogen-bond acceptors (Lipinski definition) is 4. The molecule has 1 aromatic carbocycles. The van der Waals surface area contributed by atoms with Gasteiger partial charge in [0, 0.05) is 19.2 Å². The fourth-order valence-electron chi connectivity index (χ4n) is 2.24. The fourth-order valence-corrected chi connectivity index (χ4v) is 3.95. The number of rotatable bonds is 4. The number of benzene rings is 1. The minimum absolute atomic E-state index is 0.199. The summed E-state index contributed by atoms with van der Waals surface area (Å²) < 4.78 is 36.9. The van der Waals surface area contributed by atoms with E-state index in [1.807, 2.05) is 0 Å². The van der Waals surface area contributed by atoms with Crippen LogP contribution >= 0.6 is 0 Å². The molecule has 19 heavy (non-hydrogen) atoms. The van der Waals surface area contributed by atoms with Crippen molar-refractivity contribution in [1.29, 1.82) is 0 Å². The van der Waals surface area contributed by atoms with Crippen LogP contribution in [0.1, 0.15) is 13.3 Å². The molecule has 2 rings (SSSR count). The molecule has 0 amide bonds. The van der Waals surface area contributed by atoms with Crippen LogP contribution in [0.5, 0.6) is 11.5 Å². The van der Waals surface area contributed by atoms with Gasteiger partial charge in [-0.05, 0) is 24.5 Å². The molecule has 1 saturated heterocycles. The molecule has 6 heteroatoms. The summed E-state index contributed by atoms with van der Waals surface area (Å²) in [6.07, 6.45) is 0.900. The van der Waals surface area contributed by atoms with Crippen molar-refractivity contribution in [2.75, 3.05) is 27.3 Å². The highest BCUT2D eigenvalue weighted by atomic mass is 32.2. The van der Waals surface area contributed by atoms with Crippen LogP contribution in [0.25, 0.3) is 0 Å². The third kappa shape index (κ3) is 2.69. The molecule has 1 heterocycles. The number of methoxy groups -OCH3 is 2. The molecule has 0 aromatic heterocycles. The largest absolute Gasteiger partial charge is 0.497 e. The van der Waals surface area contributed by atoms with Gasteiger partial charge in [0.25, 0.3) is 0 Å². The monoisotopic (exact) mass is 285 g/mol. The lowest BCUT2D eigenvalue weighted by Crippen LogP contribution is -2.29. The lowest BCUT2D eigenvalue weighted by Gasteiger charge is -2.18. The maximum atomic E-state index is 12.6. The third-order valence-corrected chi connectivity index (χ3v) is 5.28. The second kappa shape index (κ2) is 5.38. The van der Waals surface area contributed by atoms with Crippen LogP contribution in [0.15, 0.2) is 23.1 Å². The van der Waals surface area contributed by atoms with Gasteiger partial charge >= 0.3 is 0 Å². The van der Waals surface area contributed by atoms with Crippen LogP contribution in [-0.4, -0.2) is 40.0 Å². The predicted octanol–water partition coefficient (Wildman–Crippen LogP) is 1.73. The summed E-state index contributed by atoms with van der Waals surface area (Å²) in [5.74, 6) is 1.29. The molecule has 106 valence electrons. The van der Waals surface area contributed by atoms with Gasteiger partial charge in [0.05, 0.1) is 14.2 Å². The van der Waals surface area contributed by atoms with Crippen molar-refractivity contribution in [1.82, 2.24) is 4.31 Å². The van der Waals surface area contributed by atoms with E-state index in [0.717, 1.165) is 6.42 Å². The van der Waals surface area contributed by atoms with Crippen molar-refractivity contribution in [3.8, 4) is 11.5 Å². The standard InChI is InChI=1S/C13H19NO4S/c1-10-6-7-14(9-10)19(15,16)13-5-4-11(17-2)8-12(13)18-3/h4-5,8,10H,6-7,9H2,1-3H3. The Bertz CT molecular complexity index is 556. The van der Waals surface area contributed by atoms with E-state index in [-0.39, 0.29) is 4.90 Å². The molecular formula is C13H19NO4S. The summed E-state index contributed by atoms with van der Waals surface area (Å²) in [5.41, 5.74) is 0. The van der Waals surface area contributed by atoms with E-state index in [9.17, 15) is 8.42 Å². The predicted molar refractivity (Wildman–Crippen MR) is 72.1 cm³/mol. The van der Waals surface area contributed by atoms with E-state index >= 15 is 0 Å². The van der Waals surface area contributed by atoms with Crippen LogP contribution in [0.3, 0.4) is 0 Å². The Balaban J connectivity index is 2.40. The second-order valence-electron chi connectivity index (χ2n) is 4.77. The lowest BCUT2D eigenvalue weighted by molar-refractivity contribution is 0.383. The number of hydrogen-bond donors (Lipinski definition) is 0. The highest BCUT2D eigenvalue weighted by Gasteiger charge is 2.32. The van der Waals surface area contributed by atoms with Crippen LogP contribution in [0.2, 0.25) is 0 Å². The van der Waals surface area contributed by atoms with Gasteiger partial charge in [0.1, 0.15) is 16.4 Å². The topological polar surface area (TPSA) is 55.8 Å². The first-order valence-corrected chi connectivity index (χ1v) is 7.65. The molecule has 1 unspecified atom stereocenters. The first-order chi connectivity index (χ1) is 8.98. The summed E-state index contributed by atoms with van der Waals surface area (Å²) >= 11 is 0. The molecule has 1 fully saturated rings. The highest BCUT2D eigenvalue weighted by Crippen LogP contribution is 2.32. The Hall–Kier alpha value is -1.27. The highest BCUT2D eigenvalue weighted by molar-refractivity contribution is 7.89. The smallest absolute Gasteiger partial charge is 0.246 e. The molecule has 0 bridgehead atoms. The third-order valence-electron chi connectivity index (χ3n) is 3.38. The van der Waals surface area contributed by atoms with E-state index in [4.69, 9.17) is 9.47 Å². The molecule has 0 saturated carbocycles. The van der Waals surface area contributed by atoms with E-state index in [1.54, 1.807) is 12.1 Å². The second-order valence-corrected chi connectivity index (χ2v) is 6.68. The molecule has 5 nitrogen and oxygen atoms in total. The summed E-state index contributed by atoms with van der Waals surface area (Å²) in [4.78, 5) is 0.199. The van der Waals surface area contributed by atoms with Crippen molar-refractivity contribution in [3.05, 3.63) is 18.2 Å². The Labute approximate surface area is 114 Å². The van der Waals surface area contributed by atoms with Crippen molar-refractivity contribution in [3.63, 3.8) is 0 Å². The van der Waals surface area contributed by atoms with Crippen LogP contribution < -0.4 is 9.47 Å². The Morgan fingerprint density at radius 2 is 2.00 bits per heavy atom. The molecule has 1 aromatic rings. The van der Waals surface area contributed by atoms with Crippen molar-refractivity contribution < 1.29 is 17.9 Å². The molecule has 0 spiro atoms. The van der Waals surface area contributed by atoms with Gasteiger partial charge in [-0.25, -0.2) is 8.42 Å². The summed E-state index contributed by atoms with van der Waals surface area (Å²) in [6.45, 7) is 3.19. The van der Waals surface area contributed by atoms with Gasteiger partial charge in [-0.15, -0.1) is 0 Å². The first kappa shape index (κ1) is 14.1. The summed E-state index contributed by atoms with van der Waals surface area (Å²) in [6, 6.07) is 4.76. The Morgan fingerprint density at radius 1 is 1.26 bits per heavy atom. The summed E-state index contributed by atoms with van der Waals surface area (Å²) in [5, 5.41) is 0. The van der Waals surface area contributed by atoms with Gasteiger partial charge in [-0.1, -0.05) is 6.92 Å². The van der Waals surface area contributed by atoms with E-state index < -0.39 is 10.0 Å². The van der Waals surface area contributed by atoms with E-state index in [2.05, 4.69) is 6.92 Å². The number of nitrogens with zero attached hydrogens (tertiary/aromatic N) is 1. The zero-order valence-corrected chi connectivity index (χ0v) is 12.2. The minimum atomic E-state index is -3.49. The average molecular weight is 285 g/mol. The molecule has 1 aliphatic rings. The van der Waals surface area contributed by atoms with E-state index in [1.165, 1.54) is 24.6 Å². The maximum Gasteiger partial charge on any atom is 0.246 e.